The molecule has 0 bridgehead atoms. The Kier molecular flexibility index (Phi) is 5.22. The third kappa shape index (κ3) is 4.49. The lowest BCUT2D eigenvalue weighted by molar-refractivity contribution is -0.120. The summed E-state index contributed by atoms with van der Waals surface area (Å²) < 4.78 is 0. The number of hydrogen-bond acceptors (Lipinski definition) is 3. The predicted octanol–water partition coefficient (Wildman–Crippen LogP) is 0.441. The molecule has 0 aliphatic carbocycles. The average molecular weight is 227 g/mol. The first-order chi connectivity index (χ1) is 7.49. The molecular formula is C12H25N3O. The minimum Gasteiger partial charge on any atom is -0.355 e. The zero-order valence-corrected chi connectivity index (χ0v) is 10.9. The van der Waals surface area contributed by atoms with Crippen molar-refractivity contribution in [2.45, 2.75) is 39.3 Å². The molecule has 1 rings (SSSR count). The number of hydrogen-bond donors (Lipinski definition) is 2. The average Bonchev–Trinajstić information content (AvgIpc) is 2.52. The van der Waals surface area contributed by atoms with Gasteiger partial charge >= 0.3 is 0 Å². The number of nitrogens with one attached hydrogen (secondary N) is 2. The monoisotopic (exact) mass is 227 g/mol. The van der Waals surface area contributed by atoms with Crippen LogP contribution < -0.4 is 10.6 Å². The summed E-state index contributed by atoms with van der Waals surface area (Å²) >= 11 is 0. The van der Waals surface area contributed by atoms with Crippen LogP contribution in [0.4, 0.5) is 0 Å². The fourth-order valence-electron chi connectivity index (χ4n) is 1.96. The van der Waals surface area contributed by atoms with Crippen LogP contribution in [0.3, 0.4) is 0 Å². The Morgan fingerprint density at radius 2 is 2.19 bits per heavy atom. The van der Waals surface area contributed by atoms with Crippen LogP contribution >= 0.6 is 0 Å². The van der Waals surface area contributed by atoms with Crippen molar-refractivity contribution in [1.29, 1.82) is 0 Å². The molecule has 0 aromatic heterocycles. The van der Waals surface area contributed by atoms with Gasteiger partial charge in [0.25, 0.3) is 0 Å². The van der Waals surface area contributed by atoms with Gasteiger partial charge in [0.2, 0.25) is 5.91 Å². The summed E-state index contributed by atoms with van der Waals surface area (Å²) in [6.07, 6.45) is 1.13. The Labute approximate surface area is 98.8 Å². The van der Waals surface area contributed by atoms with E-state index in [1.807, 2.05) is 0 Å². The molecule has 4 nitrogen and oxygen atoms in total. The van der Waals surface area contributed by atoms with Crippen molar-refractivity contribution in [2.24, 2.45) is 5.92 Å². The molecule has 4 heteroatoms. The highest BCUT2D eigenvalue weighted by molar-refractivity contribution is 5.78. The number of rotatable bonds is 5. The second-order valence-corrected chi connectivity index (χ2v) is 5.30. The highest BCUT2D eigenvalue weighted by Gasteiger charge is 2.25. The van der Waals surface area contributed by atoms with Gasteiger partial charge < -0.3 is 15.5 Å². The zero-order chi connectivity index (χ0) is 12.1. The largest absolute Gasteiger partial charge is 0.355 e. The minimum absolute atomic E-state index is 0.107. The number of likely N-dealkylation sites (tertiary alicyclic amines) is 1. The van der Waals surface area contributed by atoms with E-state index in [0.717, 1.165) is 19.5 Å². The second kappa shape index (κ2) is 6.21. The Hall–Kier alpha value is -0.610. The normalized spacial score (nSPS) is 26.3. The Morgan fingerprint density at radius 3 is 2.69 bits per heavy atom. The highest BCUT2D eigenvalue weighted by Crippen LogP contribution is 2.14. The number of amides is 1. The third-order valence-corrected chi connectivity index (χ3v) is 3.15. The summed E-state index contributed by atoms with van der Waals surface area (Å²) in [4.78, 5) is 13.8. The number of carbonyl (C=O) groups excluding carboxylic acids is 1. The fraction of sp³-hybridized carbons (Fsp3) is 0.917. The number of likely N-dealkylation sites (N-methyl/N-ethyl adjacent to an activating group) is 1. The molecule has 16 heavy (non-hydrogen) atoms. The van der Waals surface area contributed by atoms with E-state index in [-0.39, 0.29) is 5.91 Å². The molecule has 1 fully saturated rings. The van der Waals surface area contributed by atoms with Gasteiger partial charge in [0.15, 0.2) is 0 Å². The molecule has 2 N–H and O–H groups in total. The number of carbonyl (C=O) groups is 1. The minimum atomic E-state index is 0.107. The van der Waals surface area contributed by atoms with Crippen LogP contribution in [0.15, 0.2) is 0 Å². The molecule has 2 atom stereocenters. The molecule has 1 aliphatic heterocycles. The highest BCUT2D eigenvalue weighted by atomic mass is 16.1. The summed E-state index contributed by atoms with van der Waals surface area (Å²) in [7, 11) is 2.13. The SMILES string of the molecule is CC(C)CNC(=O)CNC1CC(C)N(C)C1. The Balaban J connectivity index is 2.13. The molecule has 2 unspecified atom stereocenters. The van der Waals surface area contributed by atoms with Crippen LogP contribution in [0.5, 0.6) is 0 Å². The Bertz CT molecular complexity index is 220. The van der Waals surface area contributed by atoms with Gasteiger partial charge in [0.05, 0.1) is 6.54 Å². The zero-order valence-electron chi connectivity index (χ0n) is 10.9. The van der Waals surface area contributed by atoms with Crippen molar-refractivity contribution in [2.75, 3.05) is 26.7 Å². The van der Waals surface area contributed by atoms with Crippen LogP contribution in [-0.4, -0.2) is 49.6 Å². The maximum atomic E-state index is 11.5. The molecular weight excluding hydrogens is 202 g/mol. The molecule has 0 radical (unpaired) electrons. The van der Waals surface area contributed by atoms with Gasteiger partial charge in [0.1, 0.15) is 0 Å². The van der Waals surface area contributed by atoms with E-state index >= 15 is 0 Å². The number of nitrogens with zero attached hydrogens (tertiary/aromatic N) is 1. The quantitative estimate of drug-likeness (QED) is 0.716. The Morgan fingerprint density at radius 1 is 1.50 bits per heavy atom. The van der Waals surface area contributed by atoms with Crippen LogP contribution in [0, 0.1) is 5.92 Å². The smallest absolute Gasteiger partial charge is 0.233 e. The first-order valence-corrected chi connectivity index (χ1v) is 6.19. The topological polar surface area (TPSA) is 44.4 Å². The molecule has 1 saturated heterocycles. The molecule has 0 aromatic carbocycles. The van der Waals surface area contributed by atoms with E-state index in [0.29, 0.717) is 24.5 Å². The van der Waals surface area contributed by atoms with Crippen molar-refractivity contribution >= 4 is 5.91 Å². The van der Waals surface area contributed by atoms with Gasteiger partial charge in [-0.1, -0.05) is 13.8 Å². The summed E-state index contributed by atoms with van der Waals surface area (Å²) in [5.41, 5.74) is 0. The third-order valence-electron chi connectivity index (χ3n) is 3.15. The lowest BCUT2D eigenvalue weighted by atomic mass is 10.2. The van der Waals surface area contributed by atoms with E-state index in [9.17, 15) is 4.79 Å². The van der Waals surface area contributed by atoms with Gasteiger partial charge in [0, 0.05) is 25.2 Å². The lowest BCUT2D eigenvalue weighted by Crippen LogP contribution is -2.41. The van der Waals surface area contributed by atoms with E-state index in [1.165, 1.54) is 0 Å². The maximum Gasteiger partial charge on any atom is 0.233 e. The summed E-state index contributed by atoms with van der Waals surface area (Å²) in [5, 5.41) is 6.23. The van der Waals surface area contributed by atoms with E-state index in [1.54, 1.807) is 0 Å². The lowest BCUT2D eigenvalue weighted by Gasteiger charge is -2.13. The summed E-state index contributed by atoms with van der Waals surface area (Å²) in [5.74, 6) is 0.623. The molecule has 0 aromatic rings. The fourth-order valence-corrected chi connectivity index (χ4v) is 1.96. The maximum absolute atomic E-state index is 11.5. The van der Waals surface area contributed by atoms with Gasteiger partial charge in [-0.05, 0) is 26.3 Å². The molecule has 0 saturated carbocycles. The van der Waals surface area contributed by atoms with Crippen molar-refractivity contribution < 1.29 is 4.79 Å². The van der Waals surface area contributed by atoms with E-state index < -0.39 is 0 Å². The predicted molar refractivity (Wildman–Crippen MR) is 66.3 cm³/mol. The van der Waals surface area contributed by atoms with Crippen LogP contribution in [-0.2, 0) is 4.79 Å². The van der Waals surface area contributed by atoms with Gasteiger partial charge in [-0.2, -0.15) is 0 Å². The van der Waals surface area contributed by atoms with E-state index in [2.05, 4.69) is 43.4 Å². The van der Waals surface area contributed by atoms with Crippen LogP contribution in [0.1, 0.15) is 27.2 Å². The van der Waals surface area contributed by atoms with E-state index in [4.69, 9.17) is 0 Å². The van der Waals surface area contributed by atoms with Gasteiger partial charge in [-0.25, -0.2) is 0 Å². The molecule has 94 valence electrons. The van der Waals surface area contributed by atoms with Gasteiger partial charge in [-0.3, -0.25) is 4.79 Å². The molecule has 1 heterocycles. The van der Waals surface area contributed by atoms with Crippen LogP contribution in [0.25, 0.3) is 0 Å². The van der Waals surface area contributed by atoms with Crippen molar-refractivity contribution in [3.8, 4) is 0 Å². The van der Waals surface area contributed by atoms with Crippen molar-refractivity contribution in [3.63, 3.8) is 0 Å². The second-order valence-electron chi connectivity index (χ2n) is 5.30. The molecule has 1 amide bonds. The first kappa shape index (κ1) is 13.5. The summed E-state index contributed by atoms with van der Waals surface area (Å²) in [6.45, 7) is 8.67. The standard InChI is InChI=1S/C12H25N3O/c1-9(2)6-14-12(16)7-13-11-5-10(3)15(4)8-11/h9-11,13H,5-8H2,1-4H3,(H,14,16). The van der Waals surface area contributed by atoms with Crippen molar-refractivity contribution in [3.05, 3.63) is 0 Å². The van der Waals surface area contributed by atoms with Crippen LogP contribution in [0.2, 0.25) is 0 Å². The van der Waals surface area contributed by atoms with Crippen molar-refractivity contribution in [1.82, 2.24) is 15.5 Å². The van der Waals surface area contributed by atoms with Gasteiger partial charge in [-0.15, -0.1) is 0 Å². The summed E-state index contributed by atoms with van der Waals surface area (Å²) in [6, 6.07) is 1.08. The first-order valence-electron chi connectivity index (χ1n) is 6.19. The molecule has 1 aliphatic rings. The molecule has 0 spiro atoms.